The number of halogens is 1. The first kappa shape index (κ1) is 12.8. The molecule has 0 fully saturated rings. The van der Waals surface area contributed by atoms with Crippen LogP contribution in [0.1, 0.15) is 11.3 Å². The molecule has 0 atom stereocenters. The molecule has 0 radical (unpaired) electrons. The SMILES string of the molecule is Cc1cc(Oc2ccnc(/C(N)=N/O)c2)ccc1F. The number of nitrogens with two attached hydrogens (primary N) is 1. The molecule has 0 saturated carbocycles. The molecule has 0 aliphatic heterocycles. The van der Waals surface area contributed by atoms with E-state index in [2.05, 4.69) is 10.1 Å². The number of amidine groups is 1. The summed E-state index contributed by atoms with van der Waals surface area (Å²) in [5, 5.41) is 11.4. The topological polar surface area (TPSA) is 80.7 Å². The van der Waals surface area contributed by atoms with Crippen molar-refractivity contribution >= 4 is 5.84 Å². The lowest BCUT2D eigenvalue weighted by atomic mass is 10.2. The van der Waals surface area contributed by atoms with Crippen molar-refractivity contribution in [2.45, 2.75) is 6.92 Å². The van der Waals surface area contributed by atoms with E-state index in [4.69, 9.17) is 15.7 Å². The molecule has 2 rings (SSSR count). The zero-order valence-corrected chi connectivity index (χ0v) is 10.2. The van der Waals surface area contributed by atoms with Gasteiger partial charge < -0.3 is 15.7 Å². The van der Waals surface area contributed by atoms with Crippen LogP contribution in [0.25, 0.3) is 0 Å². The van der Waals surface area contributed by atoms with Crippen LogP contribution in [-0.4, -0.2) is 16.0 Å². The standard InChI is InChI=1S/C13H12FN3O2/c1-8-6-9(2-3-11(8)14)19-10-4-5-16-12(7-10)13(15)17-18/h2-7,18H,1H3,(H2,15,17). The van der Waals surface area contributed by atoms with Crippen LogP contribution in [0.5, 0.6) is 11.5 Å². The summed E-state index contributed by atoms with van der Waals surface area (Å²) in [7, 11) is 0. The van der Waals surface area contributed by atoms with Gasteiger partial charge in [0.2, 0.25) is 0 Å². The van der Waals surface area contributed by atoms with Gasteiger partial charge in [-0.05, 0) is 36.8 Å². The third-order valence-electron chi connectivity index (χ3n) is 2.47. The van der Waals surface area contributed by atoms with Crippen molar-refractivity contribution in [3.05, 3.63) is 53.6 Å². The second-order valence-electron chi connectivity index (χ2n) is 3.88. The zero-order valence-electron chi connectivity index (χ0n) is 10.2. The van der Waals surface area contributed by atoms with Gasteiger partial charge in [0.1, 0.15) is 23.0 Å². The Hall–Kier alpha value is -2.63. The van der Waals surface area contributed by atoms with Crippen LogP contribution in [0.4, 0.5) is 4.39 Å². The molecule has 98 valence electrons. The summed E-state index contributed by atoms with van der Waals surface area (Å²) >= 11 is 0. The fraction of sp³-hybridized carbons (Fsp3) is 0.0769. The molecule has 0 spiro atoms. The van der Waals surface area contributed by atoms with Gasteiger partial charge in [-0.1, -0.05) is 5.16 Å². The first-order valence-corrected chi connectivity index (χ1v) is 5.48. The molecule has 0 aliphatic carbocycles. The summed E-state index contributed by atoms with van der Waals surface area (Å²) in [6.45, 7) is 1.65. The van der Waals surface area contributed by atoms with E-state index in [9.17, 15) is 4.39 Å². The summed E-state index contributed by atoms with van der Waals surface area (Å²) in [5.41, 5.74) is 6.21. The molecule has 0 saturated heterocycles. The normalized spacial score (nSPS) is 11.4. The molecular formula is C13H12FN3O2. The monoisotopic (exact) mass is 261 g/mol. The van der Waals surface area contributed by atoms with Gasteiger partial charge >= 0.3 is 0 Å². The van der Waals surface area contributed by atoms with Gasteiger partial charge in [-0.2, -0.15) is 0 Å². The second kappa shape index (κ2) is 5.34. The molecule has 5 nitrogen and oxygen atoms in total. The van der Waals surface area contributed by atoms with Crippen molar-refractivity contribution in [1.29, 1.82) is 0 Å². The molecule has 2 aromatic rings. The van der Waals surface area contributed by atoms with Crippen LogP contribution in [-0.2, 0) is 0 Å². The van der Waals surface area contributed by atoms with E-state index in [1.165, 1.54) is 24.4 Å². The predicted molar refractivity (Wildman–Crippen MR) is 68.0 cm³/mol. The molecule has 3 N–H and O–H groups in total. The number of pyridine rings is 1. The predicted octanol–water partition coefficient (Wildman–Crippen LogP) is 2.42. The van der Waals surface area contributed by atoms with E-state index in [1.54, 1.807) is 19.1 Å². The molecular weight excluding hydrogens is 249 g/mol. The van der Waals surface area contributed by atoms with Gasteiger partial charge in [0, 0.05) is 12.3 Å². The largest absolute Gasteiger partial charge is 0.457 e. The number of rotatable bonds is 3. The van der Waals surface area contributed by atoms with Crippen LogP contribution < -0.4 is 10.5 Å². The minimum Gasteiger partial charge on any atom is -0.457 e. The molecule has 1 heterocycles. The first-order chi connectivity index (χ1) is 9.10. The zero-order chi connectivity index (χ0) is 13.8. The number of hydrogen-bond acceptors (Lipinski definition) is 4. The Bertz CT molecular complexity index is 629. The van der Waals surface area contributed by atoms with Gasteiger partial charge in [-0.15, -0.1) is 0 Å². The van der Waals surface area contributed by atoms with Crippen LogP contribution in [0.15, 0.2) is 41.7 Å². The van der Waals surface area contributed by atoms with E-state index >= 15 is 0 Å². The highest BCUT2D eigenvalue weighted by atomic mass is 19.1. The van der Waals surface area contributed by atoms with E-state index in [1.807, 2.05) is 0 Å². The Labute approximate surface area is 109 Å². The molecule has 19 heavy (non-hydrogen) atoms. The maximum atomic E-state index is 13.1. The van der Waals surface area contributed by atoms with Gasteiger partial charge in [-0.25, -0.2) is 4.39 Å². The lowest BCUT2D eigenvalue weighted by Crippen LogP contribution is -2.14. The summed E-state index contributed by atoms with van der Waals surface area (Å²) < 4.78 is 18.7. The lowest BCUT2D eigenvalue weighted by Gasteiger charge is -2.07. The van der Waals surface area contributed by atoms with Crippen molar-refractivity contribution < 1.29 is 14.3 Å². The Morgan fingerprint density at radius 1 is 1.32 bits per heavy atom. The van der Waals surface area contributed by atoms with Crippen molar-refractivity contribution in [2.75, 3.05) is 0 Å². The summed E-state index contributed by atoms with van der Waals surface area (Å²) in [6, 6.07) is 7.57. The minimum absolute atomic E-state index is 0.110. The quantitative estimate of drug-likeness (QED) is 0.385. The number of benzene rings is 1. The van der Waals surface area contributed by atoms with E-state index in [0.717, 1.165) is 0 Å². The number of aromatic nitrogens is 1. The maximum absolute atomic E-state index is 13.1. The molecule has 0 aliphatic rings. The fourth-order valence-corrected chi connectivity index (χ4v) is 1.48. The van der Waals surface area contributed by atoms with Crippen LogP contribution >= 0.6 is 0 Å². The molecule has 1 aromatic carbocycles. The molecule has 0 bridgehead atoms. The third-order valence-corrected chi connectivity index (χ3v) is 2.47. The lowest BCUT2D eigenvalue weighted by molar-refractivity contribution is 0.318. The number of ether oxygens (including phenoxy) is 1. The smallest absolute Gasteiger partial charge is 0.188 e. The fourth-order valence-electron chi connectivity index (χ4n) is 1.48. The highest BCUT2D eigenvalue weighted by Gasteiger charge is 2.05. The van der Waals surface area contributed by atoms with Gasteiger partial charge in [0.05, 0.1) is 0 Å². The second-order valence-corrected chi connectivity index (χ2v) is 3.88. The summed E-state index contributed by atoms with van der Waals surface area (Å²) in [5.74, 6) is 0.554. The highest BCUT2D eigenvalue weighted by molar-refractivity contribution is 5.95. The average Bonchev–Trinajstić information content (AvgIpc) is 2.42. The van der Waals surface area contributed by atoms with Crippen molar-refractivity contribution in [2.24, 2.45) is 10.9 Å². The number of hydrogen-bond donors (Lipinski definition) is 2. The van der Waals surface area contributed by atoms with Crippen LogP contribution in [0.2, 0.25) is 0 Å². The first-order valence-electron chi connectivity index (χ1n) is 5.48. The molecule has 1 aromatic heterocycles. The van der Waals surface area contributed by atoms with Crippen molar-refractivity contribution in [3.63, 3.8) is 0 Å². The summed E-state index contributed by atoms with van der Waals surface area (Å²) in [4.78, 5) is 3.93. The molecule has 6 heteroatoms. The van der Waals surface area contributed by atoms with Gasteiger partial charge in [0.15, 0.2) is 5.84 Å². The maximum Gasteiger partial charge on any atom is 0.188 e. The average molecular weight is 261 g/mol. The van der Waals surface area contributed by atoms with Gasteiger partial charge in [0.25, 0.3) is 0 Å². The van der Waals surface area contributed by atoms with E-state index in [-0.39, 0.29) is 11.7 Å². The van der Waals surface area contributed by atoms with E-state index < -0.39 is 0 Å². The summed E-state index contributed by atoms with van der Waals surface area (Å²) in [6.07, 6.45) is 1.47. The molecule has 0 amide bonds. The number of aryl methyl sites for hydroxylation is 1. The number of nitrogens with zero attached hydrogens (tertiary/aromatic N) is 2. The number of oxime groups is 1. The van der Waals surface area contributed by atoms with Crippen LogP contribution in [0.3, 0.4) is 0 Å². The Morgan fingerprint density at radius 3 is 2.74 bits per heavy atom. The third kappa shape index (κ3) is 2.98. The highest BCUT2D eigenvalue weighted by Crippen LogP contribution is 2.23. The Morgan fingerprint density at radius 2 is 2.05 bits per heavy atom. The minimum atomic E-state index is -0.292. The van der Waals surface area contributed by atoms with Crippen molar-refractivity contribution in [3.8, 4) is 11.5 Å². The molecule has 0 unspecified atom stereocenters. The van der Waals surface area contributed by atoms with Crippen LogP contribution in [0, 0.1) is 12.7 Å². The Kier molecular flexibility index (Phi) is 3.61. The van der Waals surface area contributed by atoms with Crippen molar-refractivity contribution in [1.82, 2.24) is 4.98 Å². The van der Waals surface area contributed by atoms with E-state index in [0.29, 0.717) is 22.8 Å². The Balaban J connectivity index is 2.26. The van der Waals surface area contributed by atoms with Gasteiger partial charge in [-0.3, -0.25) is 4.98 Å².